The zero-order valence-electron chi connectivity index (χ0n) is 14.5. The summed E-state index contributed by atoms with van der Waals surface area (Å²) in [5.74, 6) is 1.81. The second kappa shape index (κ2) is 6.16. The maximum Gasteiger partial charge on any atom is 0.119 e. The Kier molecular flexibility index (Phi) is 3.84. The van der Waals surface area contributed by atoms with E-state index in [2.05, 4.69) is 51.0 Å². The number of hydrogen-bond acceptors (Lipinski definition) is 4. The molecule has 2 N–H and O–H groups in total. The van der Waals surface area contributed by atoms with Crippen LogP contribution in [0.3, 0.4) is 0 Å². The summed E-state index contributed by atoms with van der Waals surface area (Å²) in [7, 11) is 0. The van der Waals surface area contributed by atoms with Crippen molar-refractivity contribution in [3.63, 3.8) is 0 Å². The van der Waals surface area contributed by atoms with Crippen LogP contribution in [0.4, 0.5) is 5.69 Å². The highest BCUT2D eigenvalue weighted by molar-refractivity contribution is 5.80. The van der Waals surface area contributed by atoms with E-state index in [0.717, 1.165) is 34.8 Å². The molecule has 2 aromatic carbocycles. The lowest BCUT2D eigenvalue weighted by Gasteiger charge is -2.26. The number of benzene rings is 2. The van der Waals surface area contributed by atoms with Gasteiger partial charge in [0.15, 0.2) is 0 Å². The van der Waals surface area contributed by atoms with Crippen molar-refractivity contribution in [2.24, 2.45) is 0 Å². The predicted octanol–water partition coefficient (Wildman–Crippen LogP) is 3.97. The number of rotatable bonds is 4. The van der Waals surface area contributed by atoms with Crippen LogP contribution in [0, 0.1) is 0 Å². The molecule has 0 radical (unpaired) electrons. The van der Waals surface area contributed by atoms with Crippen molar-refractivity contribution in [1.82, 2.24) is 15.3 Å². The molecule has 0 aliphatic carbocycles. The average Bonchev–Trinajstić information content (AvgIpc) is 3.20. The fourth-order valence-electron chi connectivity index (χ4n) is 3.30. The van der Waals surface area contributed by atoms with E-state index in [1.54, 1.807) is 6.33 Å². The van der Waals surface area contributed by atoms with Crippen LogP contribution in [-0.2, 0) is 0 Å². The summed E-state index contributed by atoms with van der Waals surface area (Å²) >= 11 is 0. The van der Waals surface area contributed by atoms with Gasteiger partial charge in [-0.25, -0.2) is 4.98 Å². The molecule has 1 fully saturated rings. The molecule has 4 rings (SSSR count). The number of nitrogens with zero attached hydrogens (tertiary/aromatic N) is 2. The molecule has 0 bridgehead atoms. The topological polar surface area (TPSA) is 53.2 Å². The van der Waals surface area contributed by atoms with Gasteiger partial charge in [0.05, 0.1) is 35.3 Å². The molecule has 1 aliphatic rings. The molecular formula is C20H22N4O. The van der Waals surface area contributed by atoms with Gasteiger partial charge in [-0.05, 0) is 49.7 Å². The van der Waals surface area contributed by atoms with Gasteiger partial charge < -0.3 is 19.9 Å². The van der Waals surface area contributed by atoms with Crippen LogP contribution in [0.15, 0.2) is 61.2 Å². The third-order valence-electron chi connectivity index (χ3n) is 4.42. The van der Waals surface area contributed by atoms with Gasteiger partial charge >= 0.3 is 0 Å². The maximum atomic E-state index is 5.75. The standard InChI is InChI=1S/C20H22N4O/c1-13(2)25-17-7-4-15(5-8-17)20-11-21-14(3)24(20)16-6-9-18-19(10-16)23-12-22-18/h4-10,12-13,20-21H,3,11H2,1-2H3,(H,22,23). The predicted molar refractivity (Wildman–Crippen MR) is 101 cm³/mol. The van der Waals surface area contributed by atoms with E-state index in [1.165, 1.54) is 5.56 Å². The summed E-state index contributed by atoms with van der Waals surface area (Å²) in [6.07, 6.45) is 1.90. The largest absolute Gasteiger partial charge is 0.491 e. The summed E-state index contributed by atoms with van der Waals surface area (Å²) in [6, 6.07) is 14.8. The van der Waals surface area contributed by atoms with Crippen LogP contribution in [0.5, 0.6) is 5.75 Å². The van der Waals surface area contributed by atoms with Crippen molar-refractivity contribution in [1.29, 1.82) is 0 Å². The van der Waals surface area contributed by atoms with Crippen LogP contribution in [0.25, 0.3) is 11.0 Å². The number of aromatic nitrogens is 2. The first-order valence-corrected chi connectivity index (χ1v) is 8.53. The molecule has 0 amide bonds. The van der Waals surface area contributed by atoms with Crippen molar-refractivity contribution >= 4 is 16.7 Å². The fourth-order valence-corrected chi connectivity index (χ4v) is 3.30. The maximum absolute atomic E-state index is 5.75. The molecule has 0 saturated carbocycles. The van der Waals surface area contributed by atoms with Crippen LogP contribution < -0.4 is 15.0 Å². The summed E-state index contributed by atoms with van der Waals surface area (Å²) in [4.78, 5) is 9.70. The highest BCUT2D eigenvalue weighted by Crippen LogP contribution is 2.35. The summed E-state index contributed by atoms with van der Waals surface area (Å²) < 4.78 is 5.75. The van der Waals surface area contributed by atoms with Crippen LogP contribution in [0.2, 0.25) is 0 Å². The Morgan fingerprint density at radius 3 is 2.76 bits per heavy atom. The molecule has 2 heterocycles. The molecule has 3 aromatic rings. The molecule has 1 aliphatic heterocycles. The number of hydrogen-bond donors (Lipinski definition) is 2. The van der Waals surface area contributed by atoms with Crippen LogP contribution >= 0.6 is 0 Å². The Bertz CT molecular complexity index is 897. The van der Waals surface area contributed by atoms with Gasteiger partial charge in [-0.1, -0.05) is 18.7 Å². The molecule has 5 heteroatoms. The van der Waals surface area contributed by atoms with E-state index in [4.69, 9.17) is 4.74 Å². The number of ether oxygens (including phenoxy) is 1. The van der Waals surface area contributed by atoms with E-state index in [9.17, 15) is 0 Å². The molecular weight excluding hydrogens is 312 g/mol. The van der Waals surface area contributed by atoms with Gasteiger partial charge in [0.1, 0.15) is 5.75 Å². The van der Waals surface area contributed by atoms with Crippen molar-refractivity contribution in [2.45, 2.75) is 26.0 Å². The first kappa shape index (κ1) is 15.6. The van der Waals surface area contributed by atoms with E-state index < -0.39 is 0 Å². The van der Waals surface area contributed by atoms with Crippen molar-refractivity contribution in [3.8, 4) is 5.75 Å². The lowest BCUT2D eigenvalue weighted by Crippen LogP contribution is -2.22. The third-order valence-corrected chi connectivity index (χ3v) is 4.42. The number of aromatic amines is 1. The molecule has 128 valence electrons. The monoisotopic (exact) mass is 334 g/mol. The smallest absolute Gasteiger partial charge is 0.119 e. The van der Waals surface area contributed by atoms with Crippen molar-refractivity contribution in [2.75, 3.05) is 11.4 Å². The fraction of sp³-hybridized carbons (Fsp3) is 0.250. The van der Waals surface area contributed by atoms with E-state index in [1.807, 2.05) is 32.0 Å². The average molecular weight is 334 g/mol. The van der Waals surface area contributed by atoms with Gasteiger partial charge in [-0.15, -0.1) is 0 Å². The highest BCUT2D eigenvalue weighted by atomic mass is 16.5. The molecule has 5 nitrogen and oxygen atoms in total. The SMILES string of the molecule is C=C1NCC(c2ccc(OC(C)C)cc2)N1c1ccc2nc[nH]c2c1. The zero-order valence-corrected chi connectivity index (χ0v) is 14.5. The number of nitrogens with one attached hydrogen (secondary N) is 2. The quantitative estimate of drug-likeness (QED) is 0.758. The minimum absolute atomic E-state index is 0.177. The highest BCUT2D eigenvalue weighted by Gasteiger charge is 2.29. The molecule has 1 unspecified atom stereocenters. The first-order valence-electron chi connectivity index (χ1n) is 8.53. The van der Waals surface area contributed by atoms with E-state index >= 15 is 0 Å². The first-order chi connectivity index (χ1) is 12.1. The van der Waals surface area contributed by atoms with Crippen molar-refractivity contribution in [3.05, 3.63) is 66.8 Å². The van der Waals surface area contributed by atoms with Gasteiger partial charge in [-0.2, -0.15) is 0 Å². The minimum Gasteiger partial charge on any atom is -0.491 e. The number of H-pyrrole nitrogens is 1. The van der Waals surface area contributed by atoms with Crippen molar-refractivity contribution < 1.29 is 4.74 Å². The second-order valence-electron chi connectivity index (χ2n) is 6.55. The van der Waals surface area contributed by atoms with Crippen LogP contribution in [0.1, 0.15) is 25.5 Å². The lowest BCUT2D eigenvalue weighted by molar-refractivity contribution is 0.242. The van der Waals surface area contributed by atoms with Crippen LogP contribution in [-0.4, -0.2) is 22.6 Å². The Morgan fingerprint density at radius 2 is 2.00 bits per heavy atom. The third kappa shape index (κ3) is 2.93. The van der Waals surface area contributed by atoms with Gasteiger partial charge in [0, 0.05) is 12.2 Å². The Balaban J connectivity index is 1.65. The Hall–Kier alpha value is -2.95. The van der Waals surface area contributed by atoms with Gasteiger partial charge in [0.25, 0.3) is 0 Å². The van der Waals surface area contributed by atoms with Gasteiger partial charge in [0.2, 0.25) is 0 Å². The molecule has 25 heavy (non-hydrogen) atoms. The minimum atomic E-state index is 0.177. The summed E-state index contributed by atoms with van der Waals surface area (Å²) in [6.45, 7) is 9.07. The summed E-state index contributed by atoms with van der Waals surface area (Å²) in [5.41, 5.74) is 4.32. The summed E-state index contributed by atoms with van der Waals surface area (Å²) in [5, 5.41) is 3.38. The number of imidazole rings is 1. The normalized spacial score (nSPS) is 17.3. The molecule has 1 atom stereocenters. The lowest BCUT2D eigenvalue weighted by atomic mass is 10.1. The van der Waals surface area contributed by atoms with E-state index in [0.29, 0.717) is 0 Å². The Morgan fingerprint density at radius 1 is 1.20 bits per heavy atom. The number of anilines is 1. The van der Waals surface area contributed by atoms with Gasteiger partial charge in [-0.3, -0.25) is 0 Å². The Labute approximate surface area is 147 Å². The second-order valence-corrected chi connectivity index (χ2v) is 6.55. The molecule has 1 saturated heterocycles. The van der Waals surface area contributed by atoms with E-state index in [-0.39, 0.29) is 12.1 Å². The number of fused-ring (bicyclic) bond motifs is 1. The molecule has 1 aromatic heterocycles. The molecule has 0 spiro atoms. The zero-order chi connectivity index (χ0) is 17.4.